The third-order valence-electron chi connectivity index (χ3n) is 5.42. The monoisotopic (exact) mass is 321 g/mol. The number of carbonyl (C=O) groups excluding carboxylic acids is 1. The second kappa shape index (κ2) is 5.71. The quantitative estimate of drug-likeness (QED) is 0.941. The van der Waals surface area contributed by atoms with E-state index in [1.807, 2.05) is 24.5 Å². The number of rotatable bonds is 3. The van der Waals surface area contributed by atoms with Crippen LogP contribution in [0.15, 0.2) is 48.8 Å². The van der Waals surface area contributed by atoms with Crippen LogP contribution in [0.4, 0.5) is 5.69 Å². The molecule has 124 valence electrons. The molecule has 0 saturated carbocycles. The summed E-state index contributed by atoms with van der Waals surface area (Å²) in [5.41, 5.74) is 3.61. The number of carbonyl (C=O) groups is 1. The van der Waals surface area contributed by atoms with Crippen molar-refractivity contribution in [3.05, 3.63) is 59.9 Å². The summed E-state index contributed by atoms with van der Waals surface area (Å²) in [5.74, 6) is 0.626. The molecule has 2 aliphatic heterocycles. The van der Waals surface area contributed by atoms with E-state index in [0.717, 1.165) is 5.69 Å². The summed E-state index contributed by atoms with van der Waals surface area (Å²) in [6.45, 7) is 6.06. The summed E-state index contributed by atoms with van der Waals surface area (Å²) >= 11 is 0. The fourth-order valence-corrected chi connectivity index (χ4v) is 4.60. The maximum absolute atomic E-state index is 12.6. The Morgan fingerprint density at radius 1 is 1.17 bits per heavy atom. The van der Waals surface area contributed by atoms with Gasteiger partial charge in [-0.1, -0.05) is 30.3 Å². The molecule has 4 rings (SSSR count). The molecule has 24 heavy (non-hydrogen) atoms. The van der Waals surface area contributed by atoms with Crippen LogP contribution in [-0.4, -0.2) is 33.9 Å². The van der Waals surface area contributed by atoms with E-state index >= 15 is 0 Å². The first kappa shape index (κ1) is 15.3. The van der Waals surface area contributed by atoms with Crippen LogP contribution in [0.2, 0.25) is 0 Å². The number of nitrogens with one attached hydrogen (secondary N) is 1. The van der Waals surface area contributed by atoms with Crippen LogP contribution in [0, 0.1) is 0 Å². The molecule has 2 aliphatic rings. The zero-order valence-electron chi connectivity index (χ0n) is 14.3. The number of ketones is 1. The van der Waals surface area contributed by atoms with Crippen LogP contribution >= 0.6 is 0 Å². The van der Waals surface area contributed by atoms with Gasteiger partial charge in [-0.15, -0.1) is 0 Å². The molecule has 4 heteroatoms. The van der Waals surface area contributed by atoms with Gasteiger partial charge in [-0.05, 0) is 32.4 Å². The average molecular weight is 321 g/mol. The third-order valence-corrected chi connectivity index (χ3v) is 5.42. The zero-order valence-corrected chi connectivity index (χ0v) is 14.3. The Morgan fingerprint density at radius 2 is 1.92 bits per heavy atom. The van der Waals surface area contributed by atoms with Gasteiger partial charge < -0.3 is 5.32 Å². The van der Waals surface area contributed by atoms with Crippen molar-refractivity contribution in [3.8, 4) is 0 Å². The fraction of sp³-hybridized carbons (Fsp3) is 0.400. The standard InChI is InChI=1S/C20H23N3O/c1-12(2)23-19(13(3)24)17(14-7-5-4-6-8-14)18-15-11-21-10-9-16(15)22-20(18)23/h4-12,17-20,22H,1-3H3. The van der Waals surface area contributed by atoms with Crippen LogP contribution in [0.1, 0.15) is 43.7 Å². The molecule has 0 aliphatic carbocycles. The van der Waals surface area contributed by atoms with Gasteiger partial charge in [0.25, 0.3) is 0 Å². The normalized spacial score (nSPS) is 28.5. The molecule has 0 bridgehead atoms. The van der Waals surface area contributed by atoms with Gasteiger partial charge in [0.15, 0.2) is 0 Å². The fourth-order valence-electron chi connectivity index (χ4n) is 4.60. The molecule has 1 aromatic carbocycles. The predicted molar refractivity (Wildman–Crippen MR) is 95.0 cm³/mol. The van der Waals surface area contributed by atoms with E-state index in [1.165, 1.54) is 11.1 Å². The highest BCUT2D eigenvalue weighted by Crippen LogP contribution is 2.54. The van der Waals surface area contributed by atoms with Gasteiger partial charge >= 0.3 is 0 Å². The second-order valence-electron chi connectivity index (χ2n) is 7.11. The van der Waals surface area contributed by atoms with Gasteiger partial charge in [0.1, 0.15) is 5.78 Å². The zero-order chi connectivity index (χ0) is 16.8. The maximum Gasteiger partial charge on any atom is 0.147 e. The van der Waals surface area contributed by atoms with Crippen LogP contribution in [0.3, 0.4) is 0 Å². The van der Waals surface area contributed by atoms with E-state index in [9.17, 15) is 4.79 Å². The van der Waals surface area contributed by atoms with Gasteiger partial charge in [0, 0.05) is 41.5 Å². The number of nitrogens with zero attached hydrogens (tertiary/aromatic N) is 2. The van der Waals surface area contributed by atoms with E-state index in [0.29, 0.717) is 0 Å². The number of aromatic nitrogens is 1. The predicted octanol–water partition coefficient (Wildman–Crippen LogP) is 3.38. The highest BCUT2D eigenvalue weighted by molar-refractivity contribution is 5.84. The maximum atomic E-state index is 12.6. The topological polar surface area (TPSA) is 45.2 Å². The lowest BCUT2D eigenvalue weighted by molar-refractivity contribution is -0.122. The number of likely N-dealkylation sites (tertiary alicyclic amines) is 1. The van der Waals surface area contributed by atoms with Crippen LogP contribution in [0.5, 0.6) is 0 Å². The lowest BCUT2D eigenvalue weighted by atomic mass is 9.80. The van der Waals surface area contributed by atoms with E-state index in [4.69, 9.17) is 0 Å². The summed E-state index contributed by atoms with van der Waals surface area (Å²) < 4.78 is 0. The van der Waals surface area contributed by atoms with Gasteiger partial charge in [-0.2, -0.15) is 0 Å². The number of pyridine rings is 1. The van der Waals surface area contributed by atoms with Gasteiger partial charge in [0.05, 0.1) is 12.2 Å². The lowest BCUT2D eigenvalue weighted by Gasteiger charge is -2.33. The first-order valence-corrected chi connectivity index (χ1v) is 8.63. The highest BCUT2D eigenvalue weighted by atomic mass is 16.1. The SMILES string of the molecule is CC(=O)C1C(c2ccccc2)C2c3cnccc3NC2N1C(C)C. The van der Waals surface area contributed by atoms with Crippen molar-refractivity contribution in [1.82, 2.24) is 9.88 Å². The lowest BCUT2D eigenvalue weighted by Crippen LogP contribution is -2.48. The summed E-state index contributed by atoms with van der Waals surface area (Å²) in [5, 5.41) is 3.65. The highest BCUT2D eigenvalue weighted by Gasteiger charge is 2.55. The molecule has 4 atom stereocenters. The molecular weight excluding hydrogens is 298 g/mol. The summed E-state index contributed by atoms with van der Waals surface area (Å²) in [7, 11) is 0. The number of Topliss-reactive ketones (excluding diaryl/α,β-unsaturated/α-hetero) is 1. The Morgan fingerprint density at radius 3 is 2.58 bits per heavy atom. The minimum absolute atomic E-state index is 0.108. The molecule has 4 nitrogen and oxygen atoms in total. The Kier molecular flexibility index (Phi) is 3.65. The van der Waals surface area contributed by atoms with Gasteiger partial charge in [-0.3, -0.25) is 14.7 Å². The molecule has 3 heterocycles. The molecule has 0 amide bonds. The average Bonchev–Trinajstić information content (AvgIpc) is 3.09. The molecule has 0 spiro atoms. The van der Waals surface area contributed by atoms with Crippen molar-refractivity contribution in [3.63, 3.8) is 0 Å². The van der Waals surface area contributed by atoms with Crippen molar-refractivity contribution >= 4 is 11.5 Å². The minimum atomic E-state index is -0.108. The first-order chi connectivity index (χ1) is 11.6. The molecule has 1 aromatic heterocycles. The number of benzene rings is 1. The third kappa shape index (κ3) is 2.17. The van der Waals surface area contributed by atoms with E-state index in [-0.39, 0.29) is 35.9 Å². The Balaban J connectivity index is 1.89. The summed E-state index contributed by atoms with van der Waals surface area (Å²) in [6, 6.07) is 12.7. The summed E-state index contributed by atoms with van der Waals surface area (Å²) in [6.07, 6.45) is 3.93. The molecule has 2 aromatic rings. The number of hydrogen-bond donors (Lipinski definition) is 1. The van der Waals surface area contributed by atoms with Gasteiger partial charge in [0.2, 0.25) is 0 Å². The van der Waals surface area contributed by atoms with Crippen LogP contribution < -0.4 is 5.32 Å². The largest absolute Gasteiger partial charge is 0.369 e. The number of fused-ring (bicyclic) bond motifs is 3. The first-order valence-electron chi connectivity index (χ1n) is 8.63. The molecule has 1 fully saturated rings. The van der Waals surface area contributed by atoms with Crippen molar-refractivity contribution in [2.45, 2.75) is 50.9 Å². The Hall–Kier alpha value is -2.20. The van der Waals surface area contributed by atoms with Crippen molar-refractivity contribution in [2.75, 3.05) is 5.32 Å². The van der Waals surface area contributed by atoms with E-state index in [2.05, 4.69) is 53.3 Å². The van der Waals surface area contributed by atoms with Crippen molar-refractivity contribution in [1.29, 1.82) is 0 Å². The molecular formula is C20H23N3O. The molecule has 0 radical (unpaired) electrons. The number of anilines is 1. The molecule has 4 unspecified atom stereocenters. The number of hydrogen-bond acceptors (Lipinski definition) is 4. The van der Waals surface area contributed by atoms with Gasteiger partial charge in [-0.25, -0.2) is 0 Å². The Bertz CT molecular complexity index is 758. The Labute approximate surface area is 142 Å². The van der Waals surface area contributed by atoms with Crippen molar-refractivity contribution < 1.29 is 4.79 Å². The molecule has 1 saturated heterocycles. The smallest absolute Gasteiger partial charge is 0.147 e. The van der Waals surface area contributed by atoms with E-state index < -0.39 is 0 Å². The summed E-state index contributed by atoms with van der Waals surface area (Å²) in [4.78, 5) is 19.3. The van der Waals surface area contributed by atoms with Crippen LogP contribution in [-0.2, 0) is 4.79 Å². The minimum Gasteiger partial charge on any atom is -0.369 e. The van der Waals surface area contributed by atoms with Crippen LogP contribution in [0.25, 0.3) is 0 Å². The van der Waals surface area contributed by atoms with E-state index in [1.54, 1.807) is 6.92 Å². The second-order valence-corrected chi connectivity index (χ2v) is 7.11. The molecule has 1 N–H and O–H groups in total. The van der Waals surface area contributed by atoms with Crippen molar-refractivity contribution in [2.24, 2.45) is 0 Å².